The Morgan fingerprint density at radius 2 is 1.74 bits per heavy atom. The maximum absolute atomic E-state index is 13.2. The average molecular weight is 482 g/mol. The van der Waals surface area contributed by atoms with Gasteiger partial charge in [-0.15, -0.1) is 0 Å². The summed E-state index contributed by atoms with van der Waals surface area (Å²) < 4.78 is 28.0. The standard InChI is InChI=1S/C22H25Cl2N3O3S/c1-2-4-21(28)27-10-9-16-15-17(7-8-19(16)27)31(29,30)26-13-11-25(12-14-26)20-6-3-5-18(23)22(20)24/h3,5-8,15H,2,4,9-14H2,1H3. The molecule has 0 radical (unpaired) electrons. The predicted molar refractivity (Wildman–Crippen MR) is 125 cm³/mol. The molecule has 0 aliphatic carbocycles. The highest BCUT2D eigenvalue weighted by Gasteiger charge is 2.31. The Morgan fingerprint density at radius 1 is 1.00 bits per heavy atom. The number of carbonyl (C=O) groups is 1. The molecule has 0 N–H and O–H groups in total. The van der Waals surface area contributed by atoms with E-state index in [0.717, 1.165) is 23.4 Å². The van der Waals surface area contributed by atoms with E-state index in [1.54, 1.807) is 29.2 Å². The van der Waals surface area contributed by atoms with Crippen LogP contribution in [0.25, 0.3) is 0 Å². The summed E-state index contributed by atoms with van der Waals surface area (Å²) in [6.07, 6.45) is 1.97. The van der Waals surface area contributed by atoms with Gasteiger partial charge in [-0.2, -0.15) is 4.31 Å². The van der Waals surface area contributed by atoms with Crippen molar-refractivity contribution in [3.05, 3.63) is 52.0 Å². The Labute approximate surface area is 193 Å². The zero-order valence-corrected chi connectivity index (χ0v) is 19.7. The summed E-state index contributed by atoms with van der Waals surface area (Å²) in [5.41, 5.74) is 2.56. The predicted octanol–water partition coefficient (Wildman–Crippen LogP) is 4.19. The van der Waals surface area contributed by atoms with Gasteiger partial charge >= 0.3 is 0 Å². The highest BCUT2D eigenvalue weighted by molar-refractivity contribution is 7.89. The maximum atomic E-state index is 13.2. The van der Waals surface area contributed by atoms with Gasteiger partial charge in [0.15, 0.2) is 0 Å². The summed E-state index contributed by atoms with van der Waals surface area (Å²) in [5.74, 6) is 0.0904. The third-order valence-electron chi connectivity index (χ3n) is 5.86. The van der Waals surface area contributed by atoms with Gasteiger partial charge in [0.25, 0.3) is 0 Å². The number of fused-ring (bicyclic) bond motifs is 1. The first-order valence-corrected chi connectivity index (χ1v) is 12.6. The van der Waals surface area contributed by atoms with Gasteiger partial charge in [-0.3, -0.25) is 4.79 Å². The van der Waals surface area contributed by atoms with E-state index in [9.17, 15) is 13.2 Å². The Hall–Kier alpha value is -1.80. The van der Waals surface area contributed by atoms with Gasteiger partial charge in [-0.25, -0.2) is 8.42 Å². The monoisotopic (exact) mass is 481 g/mol. The van der Waals surface area contributed by atoms with Crippen molar-refractivity contribution < 1.29 is 13.2 Å². The molecule has 1 saturated heterocycles. The van der Waals surface area contributed by atoms with E-state index in [1.807, 2.05) is 19.1 Å². The summed E-state index contributed by atoms with van der Waals surface area (Å²) >= 11 is 12.4. The van der Waals surface area contributed by atoms with Gasteiger partial charge in [0.05, 0.1) is 20.6 Å². The first kappa shape index (κ1) is 22.4. The second kappa shape index (κ2) is 8.98. The van der Waals surface area contributed by atoms with Gasteiger partial charge in [-0.1, -0.05) is 36.2 Å². The maximum Gasteiger partial charge on any atom is 0.243 e. The van der Waals surface area contributed by atoms with Crippen molar-refractivity contribution in [3.63, 3.8) is 0 Å². The first-order chi connectivity index (χ1) is 14.8. The van der Waals surface area contributed by atoms with Crippen LogP contribution in [0.15, 0.2) is 41.3 Å². The van der Waals surface area contributed by atoms with Crippen LogP contribution in [0.5, 0.6) is 0 Å². The summed E-state index contributed by atoms with van der Waals surface area (Å²) in [4.78, 5) is 16.4. The minimum atomic E-state index is -3.61. The number of carbonyl (C=O) groups excluding carboxylic acids is 1. The van der Waals surface area contributed by atoms with Crippen molar-refractivity contribution in [3.8, 4) is 0 Å². The lowest BCUT2D eigenvalue weighted by Crippen LogP contribution is -2.48. The third-order valence-corrected chi connectivity index (χ3v) is 8.56. The topological polar surface area (TPSA) is 60.9 Å². The molecule has 166 valence electrons. The van der Waals surface area contributed by atoms with Crippen molar-refractivity contribution in [2.75, 3.05) is 42.5 Å². The van der Waals surface area contributed by atoms with Gasteiger partial charge in [0.1, 0.15) is 0 Å². The number of halogens is 2. The molecular formula is C22H25Cl2N3O3S. The molecule has 2 aromatic rings. The molecule has 0 atom stereocenters. The lowest BCUT2D eigenvalue weighted by molar-refractivity contribution is -0.118. The number of sulfonamides is 1. The van der Waals surface area contributed by atoms with Crippen LogP contribution in [0.1, 0.15) is 25.3 Å². The van der Waals surface area contributed by atoms with Crippen molar-refractivity contribution >= 4 is 50.5 Å². The van der Waals surface area contributed by atoms with E-state index in [2.05, 4.69) is 4.90 Å². The number of anilines is 2. The number of piperazine rings is 1. The summed E-state index contributed by atoms with van der Waals surface area (Å²) in [6.45, 7) is 4.38. The van der Waals surface area contributed by atoms with E-state index in [4.69, 9.17) is 23.2 Å². The van der Waals surface area contributed by atoms with Crippen molar-refractivity contribution in [1.29, 1.82) is 0 Å². The lowest BCUT2D eigenvalue weighted by Gasteiger charge is -2.36. The van der Waals surface area contributed by atoms with Crippen LogP contribution < -0.4 is 9.80 Å². The molecule has 9 heteroatoms. The first-order valence-electron chi connectivity index (χ1n) is 10.5. The van der Waals surface area contributed by atoms with E-state index in [-0.39, 0.29) is 10.8 Å². The van der Waals surface area contributed by atoms with Gasteiger partial charge in [0.2, 0.25) is 15.9 Å². The van der Waals surface area contributed by atoms with Crippen LogP contribution in [-0.2, 0) is 21.2 Å². The molecule has 0 saturated carbocycles. The number of hydrogen-bond donors (Lipinski definition) is 0. The molecule has 0 bridgehead atoms. The number of nitrogens with zero attached hydrogens (tertiary/aromatic N) is 3. The fourth-order valence-corrected chi connectivity index (χ4v) is 6.09. The van der Waals surface area contributed by atoms with Crippen LogP contribution >= 0.6 is 23.2 Å². The molecule has 2 aliphatic rings. The Balaban J connectivity index is 1.49. The number of rotatable bonds is 5. The van der Waals surface area contributed by atoms with Crippen molar-refractivity contribution in [2.24, 2.45) is 0 Å². The molecule has 2 aliphatic heterocycles. The summed E-state index contributed by atoms with van der Waals surface area (Å²) in [6, 6.07) is 10.6. The SMILES string of the molecule is CCCC(=O)N1CCc2cc(S(=O)(=O)N3CCN(c4cccc(Cl)c4Cl)CC3)ccc21. The van der Waals surface area contributed by atoms with Gasteiger partial charge < -0.3 is 9.80 Å². The molecule has 2 heterocycles. The quantitative estimate of drug-likeness (QED) is 0.641. The second-order valence-corrected chi connectivity index (χ2v) is 10.5. The summed E-state index contributed by atoms with van der Waals surface area (Å²) in [5, 5.41) is 0.972. The smallest absolute Gasteiger partial charge is 0.243 e. The molecular weight excluding hydrogens is 457 g/mol. The van der Waals surface area contributed by atoms with E-state index >= 15 is 0 Å². The van der Waals surface area contributed by atoms with E-state index < -0.39 is 10.0 Å². The number of benzene rings is 2. The number of amides is 1. The largest absolute Gasteiger partial charge is 0.368 e. The van der Waals surface area contributed by atoms with Crippen molar-refractivity contribution in [2.45, 2.75) is 31.1 Å². The Bertz CT molecular complexity index is 1100. The zero-order valence-electron chi connectivity index (χ0n) is 17.4. The third kappa shape index (κ3) is 4.29. The summed E-state index contributed by atoms with van der Waals surface area (Å²) in [7, 11) is -3.61. The lowest BCUT2D eigenvalue weighted by atomic mass is 10.2. The van der Waals surface area contributed by atoms with E-state index in [0.29, 0.717) is 55.6 Å². The van der Waals surface area contributed by atoms with Crippen LogP contribution in [-0.4, -0.2) is 51.4 Å². The van der Waals surface area contributed by atoms with Crippen LogP contribution in [0, 0.1) is 0 Å². The number of hydrogen-bond acceptors (Lipinski definition) is 4. The molecule has 0 spiro atoms. The fourth-order valence-electron chi connectivity index (χ4n) is 4.20. The fraction of sp³-hybridized carbons (Fsp3) is 0.409. The van der Waals surface area contributed by atoms with Crippen LogP contribution in [0.2, 0.25) is 10.0 Å². The zero-order chi connectivity index (χ0) is 22.2. The van der Waals surface area contributed by atoms with E-state index in [1.165, 1.54) is 4.31 Å². The molecule has 0 aromatic heterocycles. The highest BCUT2D eigenvalue weighted by atomic mass is 35.5. The minimum Gasteiger partial charge on any atom is -0.368 e. The molecule has 1 amide bonds. The van der Waals surface area contributed by atoms with Gasteiger partial charge in [-0.05, 0) is 48.7 Å². The minimum absolute atomic E-state index is 0.0904. The molecule has 1 fully saturated rings. The molecule has 4 rings (SSSR count). The second-order valence-electron chi connectivity index (χ2n) is 7.80. The van der Waals surface area contributed by atoms with Gasteiger partial charge in [0, 0.05) is 44.8 Å². The Kier molecular flexibility index (Phi) is 6.49. The van der Waals surface area contributed by atoms with Crippen molar-refractivity contribution in [1.82, 2.24) is 4.31 Å². The molecule has 2 aromatic carbocycles. The normalized spacial score (nSPS) is 17.1. The molecule has 6 nitrogen and oxygen atoms in total. The van der Waals surface area contributed by atoms with Crippen LogP contribution in [0.3, 0.4) is 0 Å². The van der Waals surface area contributed by atoms with Crippen LogP contribution in [0.4, 0.5) is 11.4 Å². The highest BCUT2D eigenvalue weighted by Crippen LogP contribution is 2.34. The Morgan fingerprint density at radius 3 is 2.45 bits per heavy atom. The average Bonchev–Trinajstić information content (AvgIpc) is 3.19. The molecule has 31 heavy (non-hydrogen) atoms. The molecule has 0 unspecified atom stereocenters.